The summed E-state index contributed by atoms with van der Waals surface area (Å²) in [6.45, 7) is 0.757. The minimum atomic E-state index is -2.63. The van der Waals surface area contributed by atoms with Crippen molar-refractivity contribution < 1.29 is 13.6 Å². The number of rotatable bonds is 6. The van der Waals surface area contributed by atoms with Crippen molar-refractivity contribution in [3.8, 4) is 11.4 Å². The molecule has 170 valence electrons. The van der Waals surface area contributed by atoms with Gasteiger partial charge in [0.25, 0.3) is 5.76 Å². The Morgan fingerprint density at radius 1 is 1.09 bits per heavy atom. The number of thioether (sulfide) groups is 1. The predicted molar refractivity (Wildman–Crippen MR) is 123 cm³/mol. The average Bonchev–Trinajstić information content (AvgIpc) is 3.26. The van der Waals surface area contributed by atoms with Crippen LogP contribution < -0.4 is 5.32 Å². The second-order valence-electron chi connectivity index (χ2n) is 7.88. The molecule has 0 saturated carbocycles. The number of nitrogens with zero attached hydrogens (tertiary/aromatic N) is 5. The van der Waals surface area contributed by atoms with E-state index in [1.165, 1.54) is 11.0 Å². The Bertz CT molecular complexity index is 1300. The number of para-hydroxylation sites is 2. The van der Waals surface area contributed by atoms with Crippen molar-refractivity contribution in [1.82, 2.24) is 24.3 Å². The number of carbonyl (C=O) groups is 1. The zero-order chi connectivity index (χ0) is 22.8. The standard InChI is InChI=1S/C23H22F2N6OS/c24-22(25)33-23-27-17-9-3-4-10-18(17)31(23)14-20(32)26-16-8-6-7-15(13-16)21-29-28-19-11-2-1-5-12-30(19)21/h3-4,6-10,13,22H,1-2,5,11-12,14H2,(H,26,32). The zero-order valence-corrected chi connectivity index (χ0v) is 18.6. The quantitative estimate of drug-likeness (QED) is 0.404. The molecule has 3 heterocycles. The number of aromatic nitrogens is 5. The first-order chi connectivity index (χ1) is 16.1. The number of carbonyl (C=O) groups excluding carboxylic acids is 1. The molecule has 2 aromatic heterocycles. The molecule has 7 nitrogen and oxygen atoms in total. The highest BCUT2D eigenvalue weighted by atomic mass is 32.2. The molecule has 0 aliphatic carbocycles. The van der Waals surface area contributed by atoms with Crippen molar-refractivity contribution in [2.75, 3.05) is 5.32 Å². The number of hydrogen-bond donors (Lipinski definition) is 1. The monoisotopic (exact) mass is 468 g/mol. The van der Waals surface area contributed by atoms with Gasteiger partial charge in [-0.05, 0) is 48.9 Å². The first-order valence-corrected chi connectivity index (χ1v) is 11.7. The largest absolute Gasteiger partial charge is 0.325 e. The summed E-state index contributed by atoms with van der Waals surface area (Å²) in [5, 5.41) is 11.7. The highest BCUT2D eigenvalue weighted by molar-refractivity contribution is 7.99. The third kappa shape index (κ3) is 4.61. The van der Waals surface area contributed by atoms with Gasteiger partial charge < -0.3 is 14.5 Å². The van der Waals surface area contributed by atoms with Crippen molar-refractivity contribution >= 4 is 34.4 Å². The van der Waals surface area contributed by atoms with Gasteiger partial charge in [0.15, 0.2) is 11.0 Å². The molecule has 5 rings (SSSR count). The van der Waals surface area contributed by atoms with Crippen molar-refractivity contribution in [2.45, 2.75) is 49.7 Å². The van der Waals surface area contributed by atoms with E-state index < -0.39 is 5.76 Å². The van der Waals surface area contributed by atoms with Gasteiger partial charge >= 0.3 is 0 Å². The summed E-state index contributed by atoms with van der Waals surface area (Å²) in [6, 6.07) is 14.5. The van der Waals surface area contributed by atoms with Crippen molar-refractivity contribution in [3.63, 3.8) is 0 Å². The topological polar surface area (TPSA) is 77.6 Å². The molecule has 1 N–H and O–H groups in total. The highest BCUT2D eigenvalue weighted by Crippen LogP contribution is 2.29. The maximum absolute atomic E-state index is 13.0. The molecule has 0 bridgehead atoms. The number of amides is 1. The number of aryl methyl sites for hydroxylation is 1. The van der Waals surface area contributed by atoms with E-state index in [9.17, 15) is 13.6 Å². The second kappa shape index (κ2) is 9.30. The van der Waals surface area contributed by atoms with E-state index in [4.69, 9.17) is 0 Å². The second-order valence-corrected chi connectivity index (χ2v) is 8.84. The van der Waals surface area contributed by atoms with Crippen LogP contribution >= 0.6 is 11.8 Å². The molecule has 0 spiro atoms. The molecule has 1 aliphatic heterocycles. The molecule has 1 aliphatic rings. The minimum absolute atomic E-state index is 0.112. The molecular formula is C23H22F2N6OS. The van der Waals surface area contributed by atoms with Crippen LogP contribution in [0.1, 0.15) is 25.1 Å². The molecule has 10 heteroatoms. The maximum Gasteiger partial charge on any atom is 0.291 e. The summed E-state index contributed by atoms with van der Waals surface area (Å²) in [6.07, 6.45) is 4.30. The number of fused-ring (bicyclic) bond motifs is 2. The molecule has 1 amide bonds. The van der Waals surface area contributed by atoms with Gasteiger partial charge in [0, 0.05) is 24.2 Å². The fourth-order valence-corrected chi connectivity index (χ4v) is 4.76. The Balaban J connectivity index is 1.37. The number of imidazole rings is 1. The van der Waals surface area contributed by atoms with Gasteiger partial charge in [-0.2, -0.15) is 8.78 Å². The van der Waals surface area contributed by atoms with E-state index in [1.807, 2.05) is 18.2 Å². The summed E-state index contributed by atoms with van der Waals surface area (Å²) in [5.41, 5.74) is 2.69. The molecule has 0 atom stereocenters. The molecule has 0 saturated heterocycles. The third-order valence-electron chi connectivity index (χ3n) is 5.63. The molecule has 0 unspecified atom stereocenters. The minimum Gasteiger partial charge on any atom is -0.325 e. The molecule has 0 radical (unpaired) electrons. The lowest BCUT2D eigenvalue weighted by Crippen LogP contribution is -2.19. The number of benzene rings is 2. The maximum atomic E-state index is 13.0. The average molecular weight is 469 g/mol. The Morgan fingerprint density at radius 3 is 2.85 bits per heavy atom. The number of hydrogen-bond acceptors (Lipinski definition) is 5. The van der Waals surface area contributed by atoms with Gasteiger partial charge in [-0.25, -0.2) is 4.98 Å². The normalized spacial score (nSPS) is 13.8. The van der Waals surface area contributed by atoms with E-state index in [0.717, 1.165) is 43.0 Å². The first-order valence-electron chi connectivity index (χ1n) is 10.8. The van der Waals surface area contributed by atoms with E-state index >= 15 is 0 Å². The van der Waals surface area contributed by atoms with Crippen LogP contribution in [0.5, 0.6) is 0 Å². The number of alkyl halides is 2. The number of halogens is 2. The fourth-order valence-electron chi connectivity index (χ4n) is 4.15. The SMILES string of the molecule is O=C(Cn1c(SC(F)F)nc2ccccc21)Nc1cccc(-c2nnc3n2CCCCC3)c1. The zero-order valence-electron chi connectivity index (χ0n) is 17.7. The van der Waals surface area contributed by atoms with Crippen LogP contribution in [0.15, 0.2) is 53.7 Å². The van der Waals surface area contributed by atoms with Crippen LogP contribution in [0, 0.1) is 0 Å². The summed E-state index contributed by atoms with van der Waals surface area (Å²) in [4.78, 5) is 17.1. The lowest BCUT2D eigenvalue weighted by atomic mass is 10.2. The van der Waals surface area contributed by atoms with Crippen LogP contribution in [0.4, 0.5) is 14.5 Å². The summed E-state index contributed by atoms with van der Waals surface area (Å²) < 4.78 is 29.7. The van der Waals surface area contributed by atoms with E-state index in [1.54, 1.807) is 30.3 Å². The first kappa shape index (κ1) is 21.6. The van der Waals surface area contributed by atoms with Crippen LogP contribution in [0.2, 0.25) is 0 Å². The Morgan fingerprint density at radius 2 is 1.97 bits per heavy atom. The third-order valence-corrected chi connectivity index (χ3v) is 6.33. The van der Waals surface area contributed by atoms with Gasteiger partial charge in [0.2, 0.25) is 5.91 Å². The van der Waals surface area contributed by atoms with Crippen molar-refractivity contribution in [1.29, 1.82) is 0 Å². The molecule has 33 heavy (non-hydrogen) atoms. The molecular weight excluding hydrogens is 446 g/mol. The Kier molecular flexibility index (Phi) is 6.08. The van der Waals surface area contributed by atoms with Crippen LogP contribution in [0.25, 0.3) is 22.4 Å². The molecule has 4 aromatic rings. The molecule has 2 aromatic carbocycles. The van der Waals surface area contributed by atoms with Gasteiger partial charge in [-0.1, -0.05) is 30.7 Å². The lowest BCUT2D eigenvalue weighted by molar-refractivity contribution is -0.116. The Hall–Kier alpha value is -3.27. The van der Waals surface area contributed by atoms with E-state index in [2.05, 4.69) is 25.1 Å². The van der Waals surface area contributed by atoms with Crippen molar-refractivity contribution in [3.05, 3.63) is 54.4 Å². The van der Waals surface area contributed by atoms with Crippen LogP contribution in [-0.2, 0) is 24.3 Å². The van der Waals surface area contributed by atoms with E-state index in [0.29, 0.717) is 28.5 Å². The summed E-state index contributed by atoms with van der Waals surface area (Å²) in [7, 11) is 0. The van der Waals surface area contributed by atoms with Gasteiger partial charge in [-0.15, -0.1) is 10.2 Å². The van der Waals surface area contributed by atoms with Gasteiger partial charge in [-0.3, -0.25) is 4.79 Å². The highest BCUT2D eigenvalue weighted by Gasteiger charge is 2.19. The number of anilines is 1. The summed E-state index contributed by atoms with van der Waals surface area (Å²) >= 11 is 0.335. The molecule has 0 fully saturated rings. The number of nitrogens with one attached hydrogen (secondary N) is 1. The van der Waals surface area contributed by atoms with Crippen LogP contribution in [0.3, 0.4) is 0 Å². The van der Waals surface area contributed by atoms with Crippen molar-refractivity contribution in [2.24, 2.45) is 0 Å². The van der Waals surface area contributed by atoms with Gasteiger partial charge in [0.05, 0.1) is 11.0 Å². The van der Waals surface area contributed by atoms with Crippen LogP contribution in [-0.4, -0.2) is 36.0 Å². The smallest absolute Gasteiger partial charge is 0.291 e. The lowest BCUT2D eigenvalue weighted by Gasteiger charge is -2.11. The van der Waals surface area contributed by atoms with E-state index in [-0.39, 0.29) is 17.6 Å². The summed E-state index contributed by atoms with van der Waals surface area (Å²) in [5.74, 6) is -1.17. The van der Waals surface area contributed by atoms with Gasteiger partial charge in [0.1, 0.15) is 12.4 Å². The fraction of sp³-hybridized carbons (Fsp3) is 0.304. The Labute approximate surface area is 193 Å². The predicted octanol–water partition coefficient (Wildman–Crippen LogP) is 4.97.